The molecule has 0 atom stereocenters. The van der Waals surface area contributed by atoms with Gasteiger partial charge in [-0.1, -0.05) is 56.0 Å². The summed E-state index contributed by atoms with van der Waals surface area (Å²) in [5, 5.41) is 0. The molecule has 0 aromatic heterocycles. The van der Waals surface area contributed by atoms with Crippen LogP contribution in [0.15, 0.2) is 48.5 Å². The van der Waals surface area contributed by atoms with Gasteiger partial charge in [-0.15, -0.1) is 0 Å². The maximum Gasteiger partial charge on any atom is 0.235 e. The van der Waals surface area contributed by atoms with Gasteiger partial charge < -0.3 is 4.90 Å². The van der Waals surface area contributed by atoms with Crippen LogP contribution < -0.4 is 4.90 Å². The molecule has 0 N–H and O–H groups in total. The zero-order valence-electron chi connectivity index (χ0n) is 14.8. The standard InChI is InChI=1S/C22H19NO3/c1-15(2)22(26)20(24)13-21(25)23-14-18-9-4-3-7-16(18)11-12-17-8-5-6-10-19(17)23/h3-10,15H,13-14H2,1-2H3. The van der Waals surface area contributed by atoms with E-state index in [1.807, 2.05) is 48.5 Å². The third kappa shape index (κ3) is 3.57. The van der Waals surface area contributed by atoms with E-state index in [4.69, 9.17) is 0 Å². The van der Waals surface area contributed by atoms with Gasteiger partial charge in [0, 0.05) is 17.0 Å². The highest BCUT2D eigenvalue weighted by atomic mass is 16.2. The van der Waals surface area contributed by atoms with Crippen molar-refractivity contribution in [2.45, 2.75) is 26.8 Å². The van der Waals surface area contributed by atoms with Crippen molar-refractivity contribution >= 4 is 23.2 Å². The van der Waals surface area contributed by atoms with Gasteiger partial charge in [0.1, 0.15) is 0 Å². The number of para-hydroxylation sites is 1. The molecule has 0 radical (unpaired) electrons. The van der Waals surface area contributed by atoms with Crippen molar-refractivity contribution in [2.75, 3.05) is 4.90 Å². The van der Waals surface area contributed by atoms with Crippen molar-refractivity contribution in [3.05, 3.63) is 65.2 Å². The third-order valence-corrected chi connectivity index (χ3v) is 4.28. The lowest BCUT2D eigenvalue weighted by Gasteiger charge is -2.25. The lowest BCUT2D eigenvalue weighted by atomic mass is 10.0. The lowest BCUT2D eigenvalue weighted by molar-refractivity contribution is -0.140. The topological polar surface area (TPSA) is 54.5 Å². The van der Waals surface area contributed by atoms with Crippen LogP contribution in [-0.4, -0.2) is 17.5 Å². The number of carbonyl (C=O) groups is 3. The van der Waals surface area contributed by atoms with E-state index >= 15 is 0 Å². The van der Waals surface area contributed by atoms with E-state index in [9.17, 15) is 14.4 Å². The van der Waals surface area contributed by atoms with Gasteiger partial charge in [-0.3, -0.25) is 14.4 Å². The number of Topliss-reactive ketones (excluding diaryl/α,β-unsaturated/α-hetero) is 2. The van der Waals surface area contributed by atoms with Gasteiger partial charge in [0.05, 0.1) is 18.7 Å². The van der Waals surface area contributed by atoms with E-state index in [0.717, 1.165) is 16.7 Å². The minimum Gasteiger partial charge on any atom is -0.306 e. The van der Waals surface area contributed by atoms with E-state index < -0.39 is 29.8 Å². The third-order valence-electron chi connectivity index (χ3n) is 4.28. The second kappa shape index (κ2) is 7.37. The number of hydrogen-bond acceptors (Lipinski definition) is 3. The van der Waals surface area contributed by atoms with Crippen molar-refractivity contribution in [3.8, 4) is 11.8 Å². The fourth-order valence-electron chi connectivity index (χ4n) is 2.85. The minimum atomic E-state index is -0.649. The van der Waals surface area contributed by atoms with Crippen molar-refractivity contribution in [3.63, 3.8) is 0 Å². The van der Waals surface area contributed by atoms with E-state index in [0.29, 0.717) is 12.2 Å². The van der Waals surface area contributed by atoms with Crippen molar-refractivity contribution < 1.29 is 14.4 Å². The molecule has 4 nitrogen and oxygen atoms in total. The molecule has 0 fully saturated rings. The second-order valence-electron chi connectivity index (χ2n) is 6.52. The highest BCUT2D eigenvalue weighted by Crippen LogP contribution is 2.26. The summed E-state index contributed by atoms with van der Waals surface area (Å²) in [6, 6.07) is 15.0. The first-order valence-corrected chi connectivity index (χ1v) is 8.53. The Kier molecular flexibility index (Phi) is 4.99. The molecule has 26 heavy (non-hydrogen) atoms. The highest BCUT2D eigenvalue weighted by molar-refractivity contribution is 6.41. The lowest BCUT2D eigenvalue weighted by Crippen LogP contribution is -2.35. The first-order chi connectivity index (χ1) is 12.5. The van der Waals surface area contributed by atoms with Crippen LogP contribution in [0, 0.1) is 17.8 Å². The molecule has 0 aliphatic carbocycles. The molecule has 130 valence electrons. The Bertz CT molecular complexity index is 947. The summed E-state index contributed by atoms with van der Waals surface area (Å²) in [6.45, 7) is 3.62. The number of nitrogens with zero attached hydrogens (tertiary/aromatic N) is 1. The molecule has 0 spiro atoms. The van der Waals surface area contributed by atoms with E-state index in [1.165, 1.54) is 0 Å². The molecule has 1 amide bonds. The normalized spacial score (nSPS) is 12.2. The largest absolute Gasteiger partial charge is 0.306 e. The number of ketones is 2. The Labute approximate surface area is 152 Å². The fourth-order valence-corrected chi connectivity index (χ4v) is 2.85. The molecular weight excluding hydrogens is 326 g/mol. The van der Waals surface area contributed by atoms with Gasteiger partial charge >= 0.3 is 0 Å². The summed E-state index contributed by atoms with van der Waals surface area (Å²) in [5.41, 5.74) is 3.14. The van der Waals surface area contributed by atoms with E-state index in [-0.39, 0.29) is 0 Å². The van der Waals surface area contributed by atoms with Gasteiger partial charge in [0.2, 0.25) is 17.5 Å². The Morgan fingerprint density at radius 3 is 2.31 bits per heavy atom. The fraction of sp³-hybridized carbons (Fsp3) is 0.227. The maximum atomic E-state index is 12.9. The molecule has 1 aliphatic rings. The average molecular weight is 345 g/mol. The Morgan fingerprint density at radius 1 is 0.962 bits per heavy atom. The van der Waals surface area contributed by atoms with Crippen molar-refractivity contribution in [2.24, 2.45) is 5.92 Å². The SMILES string of the molecule is CC(C)C(=O)C(=O)CC(=O)N1Cc2ccccc2C#Cc2ccccc21. The molecule has 3 rings (SSSR count). The van der Waals surface area contributed by atoms with Crippen LogP contribution >= 0.6 is 0 Å². The average Bonchev–Trinajstić information content (AvgIpc) is 2.62. The highest BCUT2D eigenvalue weighted by Gasteiger charge is 2.26. The van der Waals surface area contributed by atoms with Crippen LogP contribution in [-0.2, 0) is 20.9 Å². The maximum absolute atomic E-state index is 12.9. The van der Waals surface area contributed by atoms with E-state index in [2.05, 4.69) is 11.8 Å². The zero-order chi connectivity index (χ0) is 18.7. The Balaban J connectivity index is 1.99. The van der Waals surface area contributed by atoms with E-state index in [1.54, 1.807) is 18.7 Å². The van der Waals surface area contributed by atoms with Gasteiger partial charge in [0.15, 0.2) is 0 Å². The molecule has 0 bridgehead atoms. The van der Waals surface area contributed by atoms with Crippen LogP contribution in [0.25, 0.3) is 0 Å². The minimum absolute atomic E-state index is 0.309. The summed E-state index contributed by atoms with van der Waals surface area (Å²) in [7, 11) is 0. The summed E-state index contributed by atoms with van der Waals surface area (Å²) < 4.78 is 0. The molecule has 0 unspecified atom stereocenters. The number of fused-ring (bicyclic) bond motifs is 2. The van der Waals surface area contributed by atoms with Gasteiger partial charge in [-0.05, 0) is 23.8 Å². The van der Waals surface area contributed by atoms with Gasteiger partial charge in [-0.2, -0.15) is 0 Å². The van der Waals surface area contributed by atoms with Crippen LogP contribution in [0.5, 0.6) is 0 Å². The molecule has 1 aliphatic heterocycles. The molecule has 0 saturated heterocycles. The second-order valence-corrected chi connectivity index (χ2v) is 6.52. The predicted octanol–water partition coefficient (Wildman–Crippen LogP) is 3.12. The van der Waals surface area contributed by atoms with Crippen LogP contribution in [0.3, 0.4) is 0 Å². The number of rotatable bonds is 4. The Hall–Kier alpha value is -3.19. The summed E-state index contributed by atoms with van der Waals surface area (Å²) in [5.74, 6) is 4.28. The smallest absolute Gasteiger partial charge is 0.235 e. The zero-order valence-corrected chi connectivity index (χ0v) is 14.8. The molecule has 2 aromatic carbocycles. The van der Waals surface area contributed by atoms with Gasteiger partial charge in [-0.25, -0.2) is 0 Å². The molecule has 1 heterocycles. The van der Waals surface area contributed by atoms with Crippen molar-refractivity contribution in [1.29, 1.82) is 0 Å². The quantitative estimate of drug-likeness (QED) is 0.486. The summed E-state index contributed by atoms with van der Waals surface area (Å²) in [6.07, 6.45) is -0.430. The molecule has 4 heteroatoms. The van der Waals surface area contributed by atoms with Crippen LogP contribution in [0.4, 0.5) is 5.69 Å². The molecule has 0 saturated carbocycles. The molecule has 2 aromatic rings. The molecular formula is C22H19NO3. The monoisotopic (exact) mass is 345 g/mol. The van der Waals surface area contributed by atoms with Crippen LogP contribution in [0.1, 0.15) is 37.0 Å². The first kappa shape index (κ1) is 17.6. The number of amides is 1. The number of hydrogen-bond donors (Lipinski definition) is 0. The Morgan fingerprint density at radius 2 is 1.58 bits per heavy atom. The number of anilines is 1. The predicted molar refractivity (Wildman–Crippen MR) is 99.5 cm³/mol. The first-order valence-electron chi connectivity index (χ1n) is 8.53. The summed E-state index contributed by atoms with van der Waals surface area (Å²) in [4.78, 5) is 38.4. The van der Waals surface area contributed by atoms with Crippen LogP contribution in [0.2, 0.25) is 0 Å². The summed E-state index contributed by atoms with van der Waals surface area (Å²) >= 11 is 0. The number of carbonyl (C=O) groups excluding carboxylic acids is 3. The number of benzene rings is 2. The van der Waals surface area contributed by atoms with Crippen molar-refractivity contribution in [1.82, 2.24) is 0 Å². The van der Waals surface area contributed by atoms with Gasteiger partial charge in [0.25, 0.3) is 0 Å².